The van der Waals surface area contributed by atoms with Gasteiger partial charge in [0.05, 0.1) is 15.5 Å². The lowest BCUT2D eigenvalue weighted by molar-refractivity contribution is 0.102. The van der Waals surface area contributed by atoms with Crippen LogP contribution in [0.25, 0.3) is 11.5 Å². The highest BCUT2D eigenvalue weighted by atomic mass is 35.5. The van der Waals surface area contributed by atoms with Crippen molar-refractivity contribution in [2.45, 2.75) is 24.7 Å². The van der Waals surface area contributed by atoms with Crippen LogP contribution in [0.15, 0.2) is 51.8 Å². The molecule has 1 aliphatic rings. The summed E-state index contributed by atoms with van der Waals surface area (Å²) >= 11 is 12.1. The molecule has 1 atom stereocenters. The Morgan fingerprint density at radius 2 is 1.91 bits per heavy atom. The van der Waals surface area contributed by atoms with Crippen molar-refractivity contribution >= 4 is 45.1 Å². The van der Waals surface area contributed by atoms with Gasteiger partial charge in [0.25, 0.3) is 11.8 Å². The molecule has 1 N–H and O–H groups in total. The molecule has 1 fully saturated rings. The van der Waals surface area contributed by atoms with Crippen LogP contribution in [0.1, 0.15) is 30.1 Å². The van der Waals surface area contributed by atoms with Crippen molar-refractivity contribution < 1.29 is 17.6 Å². The van der Waals surface area contributed by atoms with Crippen molar-refractivity contribution in [2.75, 3.05) is 18.4 Å². The number of piperidine rings is 1. The first-order valence-corrected chi connectivity index (χ1v) is 12.1. The first kappa shape index (κ1) is 22.7. The minimum absolute atomic E-state index is 0.102. The van der Waals surface area contributed by atoms with Crippen molar-refractivity contribution in [1.29, 1.82) is 0 Å². The van der Waals surface area contributed by atoms with Crippen molar-refractivity contribution in [3.05, 3.63) is 58.1 Å². The number of hydrogen-bond donors (Lipinski definition) is 1. The summed E-state index contributed by atoms with van der Waals surface area (Å²) in [4.78, 5) is 12.7. The zero-order chi connectivity index (χ0) is 22.9. The van der Waals surface area contributed by atoms with E-state index in [1.54, 1.807) is 18.2 Å². The Morgan fingerprint density at radius 3 is 2.62 bits per heavy atom. The van der Waals surface area contributed by atoms with E-state index in [-0.39, 0.29) is 22.4 Å². The number of carbonyl (C=O) groups is 1. The number of hydrogen-bond acceptors (Lipinski definition) is 6. The minimum Gasteiger partial charge on any atom is -0.403 e. The molecule has 0 radical (unpaired) electrons. The number of aromatic nitrogens is 2. The van der Waals surface area contributed by atoms with Crippen LogP contribution in [0, 0.1) is 5.92 Å². The first-order valence-electron chi connectivity index (χ1n) is 9.94. The fourth-order valence-electron chi connectivity index (χ4n) is 3.51. The summed E-state index contributed by atoms with van der Waals surface area (Å²) in [6.45, 7) is 3.05. The lowest BCUT2D eigenvalue weighted by atomic mass is 10.0. The van der Waals surface area contributed by atoms with Crippen molar-refractivity contribution in [3.63, 3.8) is 0 Å². The molecule has 11 heteroatoms. The van der Waals surface area contributed by atoms with Crippen LogP contribution >= 0.6 is 23.2 Å². The third-order valence-electron chi connectivity index (χ3n) is 5.18. The van der Waals surface area contributed by atoms with Gasteiger partial charge in [-0.15, -0.1) is 5.10 Å². The second-order valence-electron chi connectivity index (χ2n) is 7.63. The highest BCUT2D eigenvalue weighted by Crippen LogP contribution is 2.30. The number of anilines is 1. The Balaban J connectivity index is 1.47. The van der Waals surface area contributed by atoms with Gasteiger partial charge in [-0.2, -0.15) is 4.31 Å². The monoisotopic (exact) mass is 494 g/mol. The van der Waals surface area contributed by atoms with E-state index in [4.69, 9.17) is 27.6 Å². The third-order valence-corrected chi connectivity index (χ3v) is 7.62. The first-order chi connectivity index (χ1) is 15.2. The largest absolute Gasteiger partial charge is 0.403 e. The number of amides is 1. The normalized spacial score (nSPS) is 17.3. The number of rotatable bonds is 5. The van der Waals surface area contributed by atoms with Crippen LogP contribution in [0.5, 0.6) is 0 Å². The average molecular weight is 495 g/mol. The Kier molecular flexibility index (Phi) is 6.52. The SMILES string of the molecule is C[C@@H]1CCCN(S(=O)(=O)c2ccc(C(=O)Nc3nnc(-c4cc(Cl)ccc4Cl)o3)cc2)C1. The van der Waals surface area contributed by atoms with Crippen molar-refractivity contribution in [1.82, 2.24) is 14.5 Å². The predicted octanol–water partition coefficient (Wildman–Crippen LogP) is 4.72. The van der Waals surface area contributed by atoms with E-state index in [1.807, 2.05) is 6.92 Å². The highest BCUT2D eigenvalue weighted by Gasteiger charge is 2.28. The van der Waals surface area contributed by atoms with E-state index in [2.05, 4.69) is 15.5 Å². The maximum atomic E-state index is 12.9. The van der Waals surface area contributed by atoms with Gasteiger partial charge in [-0.3, -0.25) is 10.1 Å². The van der Waals surface area contributed by atoms with Gasteiger partial charge in [0, 0.05) is 23.7 Å². The summed E-state index contributed by atoms with van der Waals surface area (Å²) in [6.07, 6.45) is 1.86. The Morgan fingerprint density at radius 1 is 1.16 bits per heavy atom. The van der Waals surface area contributed by atoms with Gasteiger partial charge < -0.3 is 4.42 Å². The lowest BCUT2D eigenvalue weighted by Crippen LogP contribution is -2.39. The zero-order valence-electron chi connectivity index (χ0n) is 17.1. The topological polar surface area (TPSA) is 105 Å². The van der Waals surface area contributed by atoms with Gasteiger partial charge in [0.2, 0.25) is 10.0 Å². The Labute approximate surface area is 195 Å². The molecule has 0 aliphatic carbocycles. The van der Waals surface area contributed by atoms with Crippen LogP contribution in [0.4, 0.5) is 6.01 Å². The standard InChI is InChI=1S/C21H20Cl2N4O4S/c1-13-3-2-10-27(12-13)32(29,30)16-7-4-14(5-8-16)19(28)24-21-26-25-20(31-21)17-11-15(22)6-9-18(17)23/h4-9,11,13H,2-3,10,12H2,1H3,(H,24,26,28)/t13-/m1/s1. The molecule has 2 heterocycles. The number of nitrogens with one attached hydrogen (secondary N) is 1. The van der Waals surface area contributed by atoms with Gasteiger partial charge in [0.1, 0.15) is 0 Å². The van der Waals surface area contributed by atoms with Gasteiger partial charge in [-0.25, -0.2) is 8.42 Å². The number of sulfonamides is 1. The fraction of sp³-hybridized carbons (Fsp3) is 0.286. The molecule has 4 rings (SSSR count). The van der Waals surface area contributed by atoms with E-state index in [0.29, 0.717) is 34.6 Å². The van der Waals surface area contributed by atoms with Crippen LogP contribution < -0.4 is 5.32 Å². The van der Waals surface area contributed by atoms with E-state index >= 15 is 0 Å². The Hall–Kier alpha value is -2.46. The molecule has 0 spiro atoms. The summed E-state index contributed by atoms with van der Waals surface area (Å²) in [5.41, 5.74) is 0.685. The maximum Gasteiger partial charge on any atom is 0.322 e. The zero-order valence-corrected chi connectivity index (χ0v) is 19.4. The van der Waals surface area contributed by atoms with E-state index in [9.17, 15) is 13.2 Å². The van der Waals surface area contributed by atoms with E-state index < -0.39 is 15.9 Å². The molecule has 0 saturated carbocycles. The molecule has 32 heavy (non-hydrogen) atoms. The van der Waals surface area contributed by atoms with Crippen molar-refractivity contribution in [3.8, 4) is 11.5 Å². The molecule has 0 unspecified atom stereocenters. The van der Waals surface area contributed by atoms with Gasteiger partial charge in [0.15, 0.2) is 0 Å². The number of carbonyl (C=O) groups excluding carboxylic acids is 1. The maximum absolute atomic E-state index is 12.9. The number of halogens is 2. The summed E-state index contributed by atoms with van der Waals surface area (Å²) in [5.74, 6) is -0.0948. The van der Waals surface area contributed by atoms with Crippen LogP contribution in [0.3, 0.4) is 0 Å². The molecule has 1 amide bonds. The van der Waals surface area contributed by atoms with Crippen LogP contribution in [0.2, 0.25) is 10.0 Å². The molecule has 3 aromatic rings. The highest BCUT2D eigenvalue weighted by molar-refractivity contribution is 7.89. The van der Waals surface area contributed by atoms with E-state index in [1.165, 1.54) is 28.6 Å². The summed E-state index contributed by atoms with van der Waals surface area (Å²) < 4.78 is 32.7. The van der Waals surface area contributed by atoms with E-state index in [0.717, 1.165) is 12.8 Å². The average Bonchev–Trinajstić information content (AvgIpc) is 3.23. The van der Waals surface area contributed by atoms with Crippen molar-refractivity contribution in [2.24, 2.45) is 5.92 Å². The molecule has 1 aliphatic heterocycles. The lowest BCUT2D eigenvalue weighted by Gasteiger charge is -2.30. The molecule has 1 saturated heterocycles. The smallest absolute Gasteiger partial charge is 0.322 e. The van der Waals surface area contributed by atoms with Crippen LogP contribution in [-0.4, -0.2) is 41.9 Å². The molecule has 1 aromatic heterocycles. The minimum atomic E-state index is -3.59. The van der Waals surface area contributed by atoms with Gasteiger partial charge >= 0.3 is 6.01 Å². The fourth-order valence-corrected chi connectivity index (χ4v) is 5.47. The molecule has 0 bridgehead atoms. The van der Waals surface area contributed by atoms with Gasteiger partial charge in [-0.05, 0) is 61.2 Å². The summed E-state index contributed by atoms with van der Waals surface area (Å²) in [7, 11) is -3.59. The number of nitrogens with zero attached hydrogens (tertiary/aromatic N) is 3. The Bertz CT molecular complexity index is 1240. The quantitative estimate of drug-likeness (QED) is 0.550. The van der Waals surface area contributed by atoms with Crippen LogP contribution in [-0.2, 0) is 10.0 Å². The third kappa shape index (κ3) is 4.80. The summed E-state index contributed by atoms with van der Waals surface area (Å²) in [5, 5.41) is 11.0. The predicted molar refractivity (Wildman–Crippen MR) is 121 cm³/mol. The molecular formula is C21H20Cl2N4O4S. The molecule has 8 nitrogen and oxygen atoms in total. The summed E-state index contributed by atoms with van der Waals surface area (Å²) in [6, 6.07) is 10.4. The molecule has 2 aromatic carbocycles. The number of benzene rings is 2. The van der Waals surface area contributed by atoms with Gasteiger partial charge in [-0.1, -0.05) is 35.2 Å². The molecule has 168 valence electrons. The second kappa shape index (κ2) is 9.19. The molecular weight excluding hydrogens is 475 g/mol. The second-order valence-corrected chi connectivity index (χ2v) is 10.4.